The molecule has 0 aliphatic rings. The first-order valence-corrected chi connectivity index (χ1v) is 6.55. The molecule has 0 saturated heterocycles. The molecule has 2 rings (SSSR count). The first kappa shape index (κ1) is 15.2. The van der Waals surface area contributed by atoms with E-state index in [1.807, 2.05) is 0 Å². The molecule has 0 spiro atoms. The van der Waals surface area contributed by atoms with Gasteiger partial charge in [-0.3, -0.25) is 4.79 Å². The standard InChI is InChI=1S/C14H14ClNO5/c1-4-21-14(18)7-6-16-12-9(20-3)5-8(19-2)11(15)10(12)13(7)17/h5-6H,4H2,1-3H3,(H,16,17). The molecular weight excluding hydrogens is 298 g/mol. The Morgan fingerprint density at radius 3 is 2.52 bits per heavy atom. The molecule has 0 aliphatic carbocycles. The summed E-state index contributed by atoms with van der Waals surface area (Å²) < 4.78 is 15.2. The van der Waals surface area contributed by atoms with E-state index in [1.165, 1.54) is 20.4 Å². The van der Waals surface area contributed by atoms with E-state index >= 15 is 0 Å². The number of hydrogen-bond donors (Lipinski definition) is 1. The fourth-order valence-electron chi connectivity index (χ4n) is 1.98. The molecule has 0 fully saturated rings. The van der Waals surface area contributed by atoms with Crippen LogP contribution in [0.5, 0.6) is 11.5 Å². The lowest BCUT2D eigenvalue weighted by Gasteiger charge is -2.11. The summed E-state index contributed by atoms with van der Waals surface area (Å²) in [5.74, 6) is -0.0372. The predicted octanol–water partition coefficient (Wildman–Crippen LogP) is 2.38. The fraction of sp³-hybridized carbons (Fsp3) is 0.286. The first-order chi connectivity index (χ1) is 10.0. The molecule has 0 saturated carbocycles. The van der Waals surface area contributed by atoms with Gasteiger partial charge in [-0.05, 0) is 6.92 Å². The second-order valence-corrected chi connectivity index (χ2v) is 4.47. The Labute approximate surface area is 125 Å². The van der Waals surface area contributed by atoms with Gasteiger partial charge in [0.1, 0.15) is 17.1 Å². The highest BCUT2D eigenvalue weighted by atomic mass is 35.5. The van der Waals surface area contributed by atoms with E-state index in [0.29, 0.717) is 11.3 Å². The SMILES string of the molecule is CCOC(=O)c1c[nH]c2c(OC)cc(OC)c(Cl)c2c1=O. The van der Waals surface area contributed by atoms with Crippen molar-refractivity contribution in [3.8, 4) is 11.5 Å². The lowest BCUT2D eigenvalue weighted by molar-refractivity contribution is 0.0524. The van der Waals surface area contributed by atoms with E-state index in [-0.39, 0.29) is 28.3 Å². The van der Waals surface area contributed by atoms with Crippen molar-refractivity contribution in [1.82, 2.24) is 4.98 Å². The summed E-state index contributed by atoms with van der Waals surface area (Å²) in [6.07, 6.45) is 1.29. The van der Waals surface area contributed by atoms with Gasteiger partial charge in [0.25, 0.3) is 0 Å². The number of nitrogens with one attached hydrogen (secondary N) is 1. The molecule has 21 heavy (non-hydrogen) atoms. The van der Waals surface area contributed by atoms with Crippen molar-refractivity contribution in [3.05, 3.63) is 33.1 Å². The van der Waals surface area contributed by atoms with E-state index in [9.17, 15) is 9.59 Å². The molecule has 0 radical (unpaired) electrons. The van der Waals surface area contributed by atoms with Crippen LogP contribution in [0, 0.1) is 0 Å². The number of methoxy groups -OCH3 is 2. The number of aromatic amines is 1. The molecule has 7 heteroatoms. The normalized spacial score (nSPS) is 10.5. The summed E-state index contributed by atoms with van der Waals surface area (Å²) in [5, 5.41) is 0.235. The summed E-state index contributed by atoms with van der Waals surface area (Å²) in [6, 6.07) is 1.56. The first-order valence-electron chi connectivity index (χ1n) is 6.18. The molecule has 0 atom stereocenters. The summed E-state index contributed by atoms with van der Waals surface area (Å²) >= 11 is 6.18. The highest BCUT2D eigenvalue weighted by Crippen LogP contribution is 2.36. The number of H-pyrrole nitrogens is 1. The maximum atomic E-state index is 12.5. The Kier molecular flexibility index (Phi) is 4.37. The van der Waals surface area contributed by atoms with Gasteiger partial charge >= 0.3 is 5.97 Å². The Morgan fingerprint density at radius 1 is 1.29 bits per heavy atom. The predicted molar refractivity (Wildman–Crippen MR) is 78.6 cm³/mol. The molecule has 1 N–H and O–H groups in total. The van der Waals surface area contributed by atoms with Crippen molar-refractivity contribution < 1.29 is 19.0 Å². The Balaban J connectivity index is 2.83. The molecule has 1 aromatic carbocycles. The quantitative estimate of drug-likeness (QED) is 0.877. The number of carbonyl (C=O) groups excluding carboxylic acids is 1. The van der Waals surface area contributed by atoms with Gasteiger partial charge in [-0.1, -0.05) is 11.6 Å². The monoisotopic (exact) mass is 311 g/mol. The summed E-state index contributed by atoms with van der Waals surface area (Å²) in [7, 11) is 2.88. The zero-order valence-electron chi connectivity index (χ0n) is 11.8. The minimum Gasteiger partial charge on any atom is -0.495 e. The molecule has 112 valence electrons. The number of fused-ring (bicyclic) bond motifs is 1. The number of halogens is 1. The number of esters is 1. The lowest BCUT2D eigenvalue weighted by atomic mass is 10.1. The molecule has 0 aliphatic heterocycles. The Bertz CT molecular complexity index is 753. The van der Waals surface area contributed by atoms with Crippen LogP contribution >= 0.6 is 11.6 Å². The number of rotatable bonds is 4. The number of hydrogen-bond acceptors (Lipinski definition) is 5. The Morgan fingerprint density at radius 2 is 1.95 bits per heavy atom. The van der Waals surface area contributed by atoms with Gasteiger partial charge in [-0.15, -0.1) is 0 Å². The van der Waals surface area contributed by atoms with Crippen LogP contribution in [0.1, 0.15) is 17.3 Å². The van der Waals surface area contributed by atoms with Gasteiger partial charge in [0, 0.05) is 12.3 Å². The number of pyridine rings is 1. The number of benzene rings is 1. The molecule has 1 heterocycles. The zero-order chi connectivity index (χ0) is 15.6. The van der Waals surface area contributed by atoms with Crippen LogP contribution in [-0.4, -0.2) is 31.8 Å². The molecular formula is C14H14ClNO5. The molecule has 1 aromatic heterocycles. The number of carbonyl (C=O) groups is 1. The third-order valence-electron chi connectivity index (χ3n) is 2.96. The lowest BCUT2D eigenvalue weighted by Crippen LogP contribution is -2.18. The van der Waals surface area contributed by atoms with E-state index in [0.717, 1.165) is 0 Å². The van der Waals surface area contributed by atoms with Crippen molar-refractivity contribution in [1.29, 1.82) is 0 Å². The number of ether oxygens (including phenoxy) is 3. The van der Waals surface area contributed by atoms with Gasteiger partial charge < -0.3 is 19.2 Å². The second kappa shape index (κ2) is 6.05. The zero-order valence-corrected chi connectivity index (χ0v) is 12.5. The smallest absolute Gasteiger partial charge is 0.343 e. The van der Waals surface area contributed by atoms with Crippen LogP contribution in [0.3, 0.4) is 0 Å². The topological polar surface area (TPSA) is 77.6 Å². The molecule has 0 bridgehead atoms. The van der Waals surface area contributed by atoms with Crippen molar-refractivity contribution in [2.24, 2.45) is 0 Å². The van der Waals surface area contributed by atoms with Gasteiger partial charge in [0.05, 0.1) is 36.8 Å². The average Bonchev–Trinajstić information content (AvgIpc) is 2.48. The maximum absolute atomic E-state index is 12.5. The van der Waals surface area contributed by atoms with E-state index in [4.69, 9.17) is 25.8 Å². The van der Waals surface area contributed by atoms with Crippen LogP contribution in [0.15, 0.2) is 17.1 Å². The van der Waals surface area contributed by atoms with Crippen LogP contribution in [0.25, 0.3) is 10.9 Å². The van der Waals surface area contributed by atoms with Crippen molar-refractivity contribution in [2.45, 2.75) is 6.92 Å². The Hall–Kier alpha value is -2.21. The second-order valence-electron chi connectivity index (χ2n) is 4.10. The fourth-order valence-corrected chi connectivity index (χ4v) is 2.29. The van der Waals surface area contributed by atoms with Crippen LogP contribution in [-0.2, 0) is 4.74 Å². The molecule has 2 aromatic rings. The van der Waals surface area contributed by atoms with Gasteiger partial charge in [-0.2, -0.15) is 0 Å². The van der Waals surface area contributed by atoms with Gasteiger partial charge in [0.2, 0.25) is 5.43 Å². The summed E-state index contributed by atoms with van der Waals surface area (Å²) in [4.78, 5) is 27.1. The maximum Gasteiger partial charge on any atom is 0.343 e. The molecule has 6 nitrogen and oxygen atoms in total. The van der Waals surface area contributed by atoms with Crippen LogP contribution in [0.2, 0.25) is 5.02 Å². The summed E-state index contributed by atoms with van der Waals surface area (Å²) in [6.45, 7) is 1.83. The van der Waals surface area contributed by atoms with Crippen molar-refractivity contribution in [2.75, 3.05) is 20.8 Å². The van der Waals surface area contributed by atoms with Crippen molar-refractivity contribution >= 4 is 28.5 Å². The molecule has 0 amide bonds. The third kappa shape index (κ3) is 2.54. The minimum atomic E-state index is -0.710. The highest BCUT2D eigenvalue weighted by Gasteiger charge is 2.20. The van der Waals surface area contributed by atoms with Crippen LogP contribution in [0.4, 0.5) is 0 Å². The average molecular weight is 312 g/mol. The van der Waals surface area contributed by atoms with Gasteiger partial charge in [0.15, 0.2) is 0 Å². The number of aromatic nitrogens is 1. The molecule has 0 unspecified atom stereocenters. The minimum absolute atomic E-state index is 0.112. The van der Waals surface area contributed by atoms with E-state index in [2.05, 4.69) is 4.98 Å². The van der Waals surface area contributed by atoms with Gasteiger partial charge in [-0.25, -0.2) is 4.79 Å². The van der Waals surface area contributed by atoms with Crippen molar-refractivity contribution in [3.63, 3.8) is 0 Å². The van der Waals surface area contributed by atoms with E-state index < -0.39 is 11.4 Å². The van der Waals surface area contributed by atoms with Crippen LogP contribution < -0.4 is 14.9 Å². The highest BCUT2D eigenvalue weighted by molar-refractivity contribution is 6.37. The van der Waals surface area contributed by atoms with E-state index in [1.54, 1.807) is 13.0 Å². The summed E-state index contributed by atoms with van der Waals surface area (Å²) in [5.41, 5.74) is -0.271. The largest absolute Gasteiger partial charge is 0.495 e. The third-order valence-corrected chi connectivity index (χ3v) is 3.34.